The number of piperidine rings is 1. The van der Waals surface area contributed by atoms with Gasteiger partial charge in [0.2, 0.25) is 0 Å². The first-order valence-electron chi connectivity index (χ1n) is 12.5. The van der Waals surface area contributed by atoms with E-state index in [2.05, 4.69) is 4.90 Å². The largest absolute Gasteiger partial charge is 0.471 e. The first kappa shape index (κ1) is 27.1. The molecule has 0 unspecified atom stereocenters. The standard InChI is InChI=1S/C28H33F3N2O4/c1-36-19-27(12-14-32(15-13-27)17-20-8-10-22(11-9-20)25(34)37-2)18-33(26(35)28(29,30)31)24-16-23(24)21-6-4-3-5-7-21/h3-11,23-24H,12-19H2,1-2H3/t23-,24+/m0/s1. The van der Waals surface area contributed by atoms with E-state index in [0.29, 0.717) is 51.1 Å². The lowest BCUT2D eigenvalue weighted by Gasteiger charge is -2.44. The zero-order chi connectivity index (χ0) is 26.6. The smallest absolute Gasteiger partial charge is 0.465 e. The van der Waals surface area contributed by atoms with Gasteiger partial charge in [0.05, 0.1) is 19.3 Å². The number of rotatable bonds is 9. The third-order valence-electron chi connectivity index (χ3n) is 7.54. The van der Waals surface area contributed by atoms with Crippen LogP contribution in [0.15, 0.2) is 54.6 Å². The van der Waals surface area contributed by atoms with Crippen LogP contribution in [0.5, 0.6) is 0 Å². The van der Waals surface area contributed by atoms with Gasteiger partial charge in [-0.3, -0.25) is 9.69 Å². The van der Waals surface area contributed by atoms with Crippen molar-refractivity contribution in [2.45, 2.75) is 43.9 Å². The zero-order valence-electron chi connectivity index (χ0n) is 21.2. The molecule has 37 heavy (non-hydrogen) atoms. The lowest BCUT2D eigenvalue weighted by molar-refractivity contribution is -0.188. The third-order valence-corrected chi connectivity index (χ3v) is 7.54. The Bertz CT molecular complexity index is 1070. The molecule has 2 fully saturated rings. The number of carbonyl (C=O) groups is 2. The molecule has 0 N–H and O–H groups in total. The highest BCUT2D eigenvalue weighted by Gasteiger charge is 2.54. The Morgan fingerprint density at radius 2 is 1.68 bits per heavy atom. The highest BCUT2D eigenvalue weighted by atomic mass is 19.4. The van der Waals surface area contributed by atoms with Gasteiger partial charge in [-0.2, -0.15) is 13.2 Å². The predicted octanol–water partition coefficient (Wildman–Crippen LogP) is 4.65. The minimum absolute atomic E-state index is 0.0227. The van der Waals surface area contributed by atoms with E-state index in [-0.39, 0.29) is 12.5 Å². The minimum atomic E-state index is -4.92. The number of hydrogen-bond donors (Lipinski definition) is 0. The van der Waals surface area contributed by atoms with Gasteiger partial charge in [0.25, 0.3) is 0 Å². The van der Waals surface area contributed by atoms with E-state index >= 15 is 0 Å². The number of alkyl halides is 3. The van der Waals surface area contributed by atoms with Crippen LogP contribution in [0, 0.1) is 5.41 Å². The summed E-state index contributed by atoms with van der Waals surface area (Å²) in [6.07, 6.45) is -3.16. The summed E-state index contributed by atoms with van der Waals surface area (Å²) in [6.45, 7) is 2.31. The van der Waals surface area contributed by atoms with Crippen LogP contribution in [0.2, 0.25) is 0 Å². The molecule has 6 nitrogen and oxygen atoms in total. The maximum absolute atomic E-state index is 13.6. The fraction of sp³-hybridized carbons (Fsp3) is 0.500. The second-order valence-electron chi connectivity index (χ2n) is 10.1. The van der Waals surface area contributed by atoms with Gasteiger partial charge in [-0.15, -0.1) is 0 Å². The number of halogens is 3. The van der Waals surface area contributed by atoms with Gasteiger partial charge < -0.3 is 14.4 Å². The topological polar surface area (TPSA) is 59.1 Å². The lowest BCUT2D eigenvalue weighted by Crippen LogP contribution is -2.53. The molecule has 1 heterocycles. The summed E-state index contributed by atoms with van der Waals surface area (Å²) < 4.78 is 51.1. The predicted molar refractivity (Wildman–Crippen MR) is 132 cm³/mol. The van der Waals surface area contributed by atoms with Crippen LogP contribution in [-0.4, -0.2) is 74.4 Å². The summed E-state index contributed by atoms with van der Waals surface area (Å²) in [5.41, 5.74) is 1.92. The molecule has 0 bridgehead atoms. The van der Waals surface area contributed by atoms with Gasteiger partial charge in [0.15, 0.2) is 0 Å². The molecule has 1 amide bonds. The SMILES string of the molecule is COCC1(CN(C(=O)C(F)(F)F)[C@@H]2C[C@H]2c2ccccc2)CCN(Cc2ccc(C(=O)OC)cc2)CC1. The number of likely N-dealkylation sites (tertiary alicyclic amines) is 1. The van der Waals surface area contributed by atoms with E-state index in [4.69, 9.17) is 9.47 Å². The van der Waals surface area contributed by atoms with Crippen molar-refractivity contribution in [2.24, 2.45) is 5.41 Å². The van der Waals surface area contributed by atoms with E-state index in [1.165, 1.54) is 7.11 Å². The van der Waals surface area contributed by atoms with E-state index < -0.39 is 29.5 Å². The average Bonchev–Trinajstić information content (AvgIpc) is 3.69. The molecular weight excluding hydrogens is 485 g/mol. The number of amides is 1. The summed E-state index contributed by atoms with van der Waals surface area (Å²) >= 11 is 0. The number of nitrogens with zero attached hydrogens (tertiary/aromatic N) is 2. The molecule has 2 aromatic carbocycles. The van der Waals surface area contributed by atoms with Gasteiger partial charge in [-0.1, -0.05) is 42.5 Å². The Kier molecular flexibility index (Phi) is 8.23. The number of esters is 1. The van der Waals surface area contributed by atoms with E-state index in [0.717, 1.165) is 16.0 Å². The van der Waals surface area contributed by atoms with Crippen molar-refractivity contribution in [1.82, 2.24) is 9.80 Å². The molecule has 1 saturated heterocycles. The fourth-order valence-electron chi connectivity index (χ4n) is 5.41. The summed E-state index contributed by atoms with van der Waals surface area (Å²) in [6, 6.07) is 16.2. The Labute approximate surface area is 215 Å². The molecule has 2 aromatic rings. The van der Waals surface area contributed by atoms with Crippen LogP contribution >= 0.6 is 0 Å². The second kappa shape index (κ2) is 11.2. The third kappa shape index (κ3) is 6.51. The van der Waals surface area contributed by atoms with Gasteiger partial charge in [0, 0.05) is 37.6 Å². The first-order chi connectivity index (χ1) is 17.7. The van der Waals surface area contributed by atoms with Gasteiger partial charge >= 0.3 is 18.1 Å². The van der Waals surface area contributed by atoms with Gasteiger partial charge in [-0.25, -0.2) is 4.79 Å². The van der Waals surface area contributed by atoms with Gasteiger partial charge in [0.1, 0.15) is 0 Å². The molecule has 4 rings (SSSR count). The molecule has 1 aliphatic carbocycles. The molecule has 1 saturated carbocycles. The number of benzene rings is 2. The van der Waals surface area contributed by atoms with Crippen molar-refractivity contribution in [3.05, 3.63) is 71.3 Å². The van der Waals surface area contributed by atoms with E-state index in [9.17, 15) is 22.8 Å². The lowest BCUT2D eigenvalue weighted by atomic mass is 9.78. The normalized spacial score (nSPS) is 21.3. The molecule has 0 aromatic heterocycles. The van der Waals surface area contributed by atoms with Crippen LogP contribution in [0.25, 0.3) is 0 Å². The van der Waals surface area contributed by atoms with Crippen LogP contribution in [-0.2, 0) is 20.8 Å². The molecule has 2 atom stereocenters. The maximum Gasteiger partial charge on any atom is 0.471 e. The summed E-state index contributed by atoms with van der Waals surface area (Å²) in [7, 11) is 2.89. The number of carbonyl (C=O) groups excluding carboxylic acids is 2. The van der Waals surface area contributed by atoms with Crippen LogP contribution in [0.3, 0.4) is 0 Å². The maximum atomic E-state index is 13.6. The van der Waals surface area contributed by atoms with Crippen molar-refractivity contribution in [2.75, 3.05) is 40.5 Å². The average molecular weight is 519 g/mol. The Hall–Kier alpha value is -2.91. The highest BCUT2D eigenvalue weighted by molar-refractivity contribution is 5.89. The minimum Gasteiger partial charge on any atom is -0.465 e. The van der Waals surface area contributed by atoms with Crippen LogP contribution in [0.1, 0.15) is 46.7 Å². The highest BCUT2D eigenvalue weighted by Crippen LogP contribution is 2.47. The number of ether oxygens (including phenoxy) is 2. The van der Waals surface area contributed by atoms with Gasteiger partial charge in [-0.05, 0) is 55.6 Å². The Morgan fingerprint density at radius 3 is 2.24 bits per heavy atom. The van der Waals surface area contributed by atoms with Crippen molar-refractivity contribution in [1.29, 1.82) is 0 Å². The number of hydrogen-bond acceptors (Lipinski definition) is 5. The quantitative estimate of drug-likeness (QED) is 0.453. The Morgan fingerprint density at radius 1 is 1.03 bits per heavy atom. The van der Waals surface area contributed by atoms with Crippen molar-refractivity contribution < 1.29 is 32.2 Å². The molecule has 1 aliphatic heterocycles. The second-order valence-corrected chi connectivity index (χ2v) is 10.1. The summed E-state index contributed by atoms with van der Waals surface area (Å²) in [4.78, 5) is 27.5. The summed E-state index contributed by atoms with van der Waals surface area (Å²) in [5.74, 6) is -2.24. The monoisotopic (exact) mass is 518 g/mol. The molecule has 200 valence electrons. The summed E-state index contributed by atoms with van der Waals surface area (Å²) in [5, 5.41) is 0. The molecule has 0 spiro atoms. The fourth-order valence-corrected chi connectivity index (χ4v) is 5.41. The van der Waals surface area contributed by atoms with Crippen molar-refractivity contribution in [3.63, 3.8) is 0 Å². The first-order valence-corrected chi connectivity index (χ1v) is 12.5. The Balaban J connectivity index is 1.44. The molecule has 2 aliphatic rings. The van der Waals surface area contributed by atoms with E-state index in [1.54, 1.807) is 19.2 Å². The van der Waals surface area contributed by atoms with Crippen LogP contribution in [0.4, 0.5) is 13.2 Å². The van der Waals surface area contributed by atoms with Crippen LogP contribution < -0.4 is 0 Å². The van der Waals surface area contributed by atoms with Crippen molar-refractivity contribution >= 4 is 11.9 Å². The molecular formula is C28H33F3N2O4. The molecule has 0 radical (unpaired) electrons. The molecule has 9 heteroatoms. The number of methoxy groups -OCH3 is 2. The van der Waals surface area contributed by atoms with Crippen molar-refractivity contribution in [3.8, 4) is 0 Å². The van der Waals surface area contributed by atoms with E-state index in [1.807, 2.05) is 42.5 Å². The zero-order valence-corrected chi connectivity index (χ0v) is 21.2.